The Morgan fingerprint density at radius 2 is 2.17 bits per heavy atom. The Balaban J connectivity index is 1.60. The van der Waals surface area contributed by atoms with Crippen LogP contribution in [0.2, 0.25) is 0 Å². The number of para-hydroxylation sites is 1. The van der Waals surface area contributed by atoms with Gasteiger partial charge < -0.3 is 15.2 Å². The number of esters is 1. The first-order valence-electron chi connectivity index (χ1n) is 11.3. The van der Waals surface area contributed by atoms with Gasteiger partial charge in [-0.3, -0.25) is 14.5 Å². The maximum atomic E-state index is 13.1. The molecule has 1 atom stereocenters. The van der Waals surface area contributed by atoms with Crippen LogP contribution in [0.15, 0.2) is 27.9 Å². The van der Waals surface area contributed by atoms with Gasteiger partial charge in [0.15, 0.2) is 17.2 Å². The van der Waals surface area contributed by atoms with E-state index in [0.29, 0.717) is 29.6 Å². The van der Waals surface area contributed by atoms with Gasteiger partial charge in [-0.1, -0.05) is 17.7 Å². The number of nitrogen functional groups attached to an aromatic ring is 1. The monoisotopic (exact) mass is 497 g/mol. The smallest absolute Gasteiger partial charge is 0.308 e. The Morgan fingerprint density at radius 3 is 2.86 bits per heavy atom. The van der Waals surface area contributed by atoms with Crippen LogP contribution in [0.25, 0.3) is 5.82 Å². The lowest BCUT2D eigenvalue weighted by Crippen LogP contribution is -2.38. The van der Waals surface area contributed by atoms with Crippen LogP contribution in [-0.4, -0.2) is 68.0 Å². The summed E-state index contributed by atoms with van der Waals surface area (Å²) in [6.45, 7) is 4.67. The normalized spacial score (nSPS) is 16.2. The minimum atomic E-state index is -0.593. The Kier molecular flexibility index (Phi) is 7.53. The molecule has 3 aromatic rings. The van der Waals surface area contributed by atoms with Crippen LogP contribution in [-0.2, 0) is 11.3 Å². The van der Waals surface area contributed by atoms with Crippen molar-refractivity contribution in [1.29, 1.82) is 0 Å². The van der Waals surface area contributed by atoms with E-state index in [0.717, 1.165) is 25.8 Å². The fraction of sp³-hybridized carbons (Fsp3) is 0.409. The quantitative estimate of drug-likeness (QED) is 0.198. The molecule has 14 nitrogen and oxygen atoms in total. The molecule has 0 unspecified atom stereocenters. The SMILES string of the molecule is COc1cccc(/C=N/NC(=O)c2nnn(-c3nonc3N)c2CN2CCCC[C@@H]2C)c1OC(C)=O. The van der Waals surface area contributed by atoms with Crippen molar-refractivity contribution in [3.05, 3.63) is 35.2 Å². The van der Waals surface area contributed by atoms with Crippen molar-refractivity contribution >= 4 is 23.9 Å². The summed E-state index contributed by atoms with van der Waals surface area (Å²) in [6, 6.07) is 5.33. The van der Waals surface area contributed by atoms with Gasteiger partial charge in [-0.25, -0.2) is 10.1 Å². The Morgan fingerprint density at radius 1 is 1.33 bits per heavy atom. The molecule has 1 saturated heterocycles. The van der Waals surface area contributed by atoms with E-state index in [2.05, 4.69) is 43.0 Å². The lowest BCUT2D eigenvalue weighted by Gasteiger charge is -2.33. The average molecular weight is 498 g/mol. The third-order valence-electron chi connectivity index (χ3n) is 5.81. The second-order valence-corrected chi connectivity index (χ2v) is 8.26. The number of likely N-dealkylation sites (tertiary alicyclic amines) is 1. The van der Waals surface area contributed by atoms with Crippen molar-refractivity contribution in [2.24, 2.45) is 5.10 Å². The van der Waals surface area contributed by atoms with E-state index in [1.807, 2.05) is 0 Å². The first-order valence-corrected chi connectivity index (χ1v) is 11.3. The molecule has 0 radical (unpaired) electrons. The second kappa shape index (κ2) is 10.9. The largest absolute Gasteiger partial charge is 0.493 e. The molecule has 1 aliphatic rings. The maximum absolute atomic E-state index is 13.1. The molecule has 2 aromatic heterocycles. The minimum absolute atomic E-state index is 0.0221. The van der Waals surface area contributed by atoms with Crippen LogP contribution >= 0.6 is 0 Å². The number of hydrogen-bond donors (Lipinski definition) is 2. The van der Waals surface area contributed by atoms with Crippen molar-refractivity contribution < 1.29 is 23.7 Å². The number of benzene rings is 1. The van der Waals surface area contributed by atoms with Crippen molar-refractivity contribution in [3.8, 4) is 17.3 Å². The molecule has 1 aromatic carbocycles. The summed E-state index contributed by atoms with van der Waals surface area (Å²) in [5.41, 5.74) is 9.27. The fourth-order valence-corrected chi connectivity index (χ4v) is 3.97. The summed E-state index contributed by atoms with van der Waals surface area (Å²) < 4.78 is 16.6. The number of nitrogens with zero attached hydrogens (tertiary/aromatic N) is 7. The number of amides is 1. The summed E-state index contributed by atoms with van der Waals surface area (Å²) in [7, 11) is 1.45. The first kappa shape index (κ1) is 24.8. The number of ether oxygens (including phenoxy) is 2. The van der Waals surface area contributed by atoms with Gasteiger partial charge in [0.05, 0.1) is 19.0 Å². The van der Waals surface area contributed by atoms with Crippen LogP contribution in [0, 0.1) is 0 Å². The van der Waals surface area contributed by atoms with Gasteiger partial charge >= 0.3 is 5.97 Å². The number of nitrogens with one attached hydrogen (secondary N) is 1. The van der Waals surface area contributed by atoms with E-state index in [9.17, 15) is 9.59 Å². The van der Waals surface area contributed by atoms with Crippen molar-refractivity contribution in [2.75, 3.05) is 19.4 Å². The van der Waals surface area contributed by atoms with Gasteiger partial charge in [-0.15, -0.1) is 5.10 Å². The number of carbonyl (C=O) groups is 2. The first-order chi connectivity index (χ1) is 17.4. The number of rotatable bonds is 8. The third kappa shape index (κ3) is 5.33. The molecular formula is C22H27N9O5. The van der Waals surface area contributed by atoms with Gasteiger partial charge in [0.25, 0.3) is 5.91 Å². The van der Waals surface area contributed by atoms with E-state index >= 15 is 0 Å². The van der Waals surface area contributed by atoms with E-state index in [4.69, 9.17) is 19.8 Å². The lowest BCUT2D eigenvalue weighted by atomic mass is 10.0. The van der Waals surface area contributed by atoms with Gasteiger partial charge in [0.2, 0.25) is 11.6 Å². The number of aromatic nitrogens is 5. The third-order valence-corrected chi connectivity index (χ3v) is 5.81. The molecule has 190 valence electrons. The van der Waals surface area contributed by atoms with Crippen LogP contribution < -0.4 is 20.6 Å². The minimum Gasteiger partial charge on any atom is -0.493 e. The molecule has 0 aliphatic carbocycles. The van der Waals surface area contributed by atoms with Gasteiger partial charge in [0, 0.05) is 25.1 Å². The summed E-state index contributed by atoms with van der Waals surface area (Å²) in [5, 5.41) is 19.6. The molecule has 4 rings (SSSR count). The maximum Gasteiger partial charge on any atom is 0.308 e. The second-order valence-electron chi connectivity index (χ2n) is 8.26. The lowest BCUT2D eigenvalue weighted by molar-refractivity contribution is -0.132. The molecule has 0 saturated carbocycles. The number of methoxy groups -OCH3 is 1. The Labute approximate surface area is 206 Å². The van der Waals surface area contributed by atoms with Crippen molar-refractivity contribution in [2.45, 2.75) is 45.7 Å². The highest BCUT2D eigenvalue weighted by molar-refractivity contribution is 5.94. The zero-order chi connectivity index (χ0) is 25.7. The summed E-state index contributed by atoms with van der Waals surface area (Å²) in [5.74, 6) is -0.413. The molecule has 1 fully saturated rings. The van der Waals surface area contributed by atoms with Crippen molar-refractivity contribution in [1.82, 2.24) is 35.6 Å². The number of anilines is 1. The molecule has 1 aliphatic heterocycles. The van der Waals surface area contributed by atoms with E-state index in [1.165, 1.54) is 24.9 Å². The number of hydrogen-bond acceptors (Lipinski definition) is 12. The number of piperidine rings is 1. The van der Waals surface area contributed by atoms with Gasteiger partial charge in [0.1, 0.15) is 0 Å². The number of nitrogens with two attached hydrogens (primary N) is 1. The number of carbonyl (C=O) groups excluding carboxylic acids is 2. The Bertz CT molecular complexity index is 1270. The topological polar surface area (TPSA) is 176 Å². The molecular weight excluding hydrogens is 470 g/mol. The zero-order valence-electron chi connectivity index (χ0n) is 20.2. The summed E-state index contributed by atoms with van der Waals surface area (Å²) in [4.78, 5) is 26.8. The van der Waals surface area contributed by atoms with E-state index in [1.54, 1.807) is 18.2 Å². The molecule has 0 spiro atoms. The highest BCUT2D eigenvalue weighted by atomic mass is 16.6. The Hall–Kier alpha value is -4.33. The van der Waals surface area contributed by atoms with Gasteiger partial charge in [-0.2, -0.15) is 9.78 Å². The molecule has 1 amide bonds. The summed E-state index contributed by atoms with van der Waals surface area (Å²) >= 11 is 0. The molecule has 14 heteroatoms. The fourth-order valence-electron chi connectivity index (χ4n) is 3.97. The molecule has 0 bridgehead atoms. The molecule has 3 N–H and O–H groups in total. The predicted octanol–water partition coefficient (Wildman–Crippen LogP) is 1.30. The van der Waals surface area contributed by atoms with E-state index < -0.39 is 11.9 Å². The standard InChI is InChI=1S/C22H27N9O5/c1-13-7-4-5-10-30(13)12-16-18(25-29-31(16)21-20(23)27-36-28-21)22(33)26-24-11-15-8-6-9-17(34-3)19(15)35-14(2)32/h6,8-9,11,13H,4-5,7,10,12H2,1-3H3,(H2,23,27)(H,26,33)/b24-11+/t13-/m0/s1. The zero-order valence-corrected chi connectivity index (χ0v) is 20.2. The van der Waals surface area contributed by atoms with E-state index in [-0.39, 0.29) is 23.1 Å². The number of hydrazone groups is 1. The van der Waals surface area contributed by atoms with Gasteiger partial charge in [-0.05, 0) is 48.8 Å². The molecule has 36 heavy (non-hydrogen) atoms. The van der Waals surface area contributed by atoms with Crippen LogP contribution in [0.1, 0.15) is 54.9 Å². The van der Waals surface area contributed by atoms with Crippen LogP contribution in [0.4, 0.5) is 5.82 Å². The van der Waals surface area contributed by atoms with Crippen molar-refractivity contribution in [3.63, 3.8) is 0 Å². The average Bonchev–Trinajstić information content (AvgIpc) is 3.46. The highest BCUT2D eigenvalue weighted by Gasteiger charge is 2.28. The highest BCUT2D eigenvalue weighted by Crippen LogP contribution is 2.30. The van der Waals surface area contributed by atoms with Crippen LogP contribution in [0.5, 0.6) is 11.5 Å². The predicted molar refractivity (Wildman–Crippen MR) is 127 cm³/mol. The summed E-state index contributed by atoms with van der Waals surface area (Å²) in [6.07, 6.45) is 4.59. The molecule has 3 heterocycles. The van der Waals surface area contributed by atoms with Crippen LogP contribution in [0.3, 0.4) is 0 Å².